The molecule has 37 heavy (non-hydrogen) atoms. The van der Waals surface area contributed by atoms with E-state index in [1.165, 1.54) is 5.56 Å². The van der Waals surface area contributed by atoms with E-state index in [2.05, 4.69) is 51.1 Å². The SMILES string of the molecule is COc1ccc2c(-c3nc(N[C@H]4CCC(C)(C)N(Cc5ccccc5)C4)ncc3C(F)(F)F)c[nH]c2c1. The number of alkyl halides is 3. The molecule has 4 aromatic rings. The fourth-order valence-electron chi connectivity index (χ4n) is 4.97. The van der Waals surface area contributed by atoms with Crippen LogP contribution >= 0.6 is 0 Å². The van der Waals surface area contributed by atoms with Gasteiger partial charge in [-0.2, -0.15) is 13.2 Å². The zero-order valence-corrected chi connectivity index (χ0v) is 21.1. The van der Waals surface area contributed by atoms with Crippen molar-refractivity contribution < 1.29 is 17.9 Å². The number of hydrogen-bond donors (Lipinski definition) is 2. The number of methoxy groups -OCH3 is 1. The Morgan fingerprint density at radius 2 is 1.95 bits per heavy atom. The minimum atomic E-state index is -4.59. The van der Waals surface area contributed by atoms with Gasteiger partial charge >= 0.3 is 6.18 Å². The summed E-state index contributed by atoms with van der Waals surface area (Å²) in [4.78, 5) is 13.9. The summed E-state index contributed by atoms with van der Waals surface area (Å²) in [7, 11) is 1.54. The van der Waals surface area contributed by atoms with Crippen LogP contribution in [-0.2, 0) is 12.7 Å². The third-order valence-corrected chi connectivity index (χ3v) is 7.19. The number of fused-ring (bicyclic) bond motifs is 1. The van der Waals surface area contributed by atoms with Gasteiger partial charge in [-0.15, -0.1) is 0 Å². The van der Waals surface area contributed by atoms with Gasteiger partial charge in [-0.25, -0.2) is 9.97 Å². The van der Waals surface area contributed by atoms with Gasteiger partial charge in [-0.3, -0.25) is 4.90 Å². The summed E-state index contributed by atoms with van der Waals surface area (Å²) < 4.78 is 47.1. The maximum Gasteiger partial charge on any atom is 0.419 e. The predicted octanol–water partition coefficient (Wildman–Crippen LogP) is 6.51. The van der Waals surface area contributed by atoms with Gasteiger partial charge < -0.3 is 15.0 Å². The van der Waals surface area contributed by atoms with Gasteiger partial charge in [0.25, 0.3) is 0 Å². The first-order valence-electron chi connectivity index (χ1n) is 12.3. The fraction of sp³-hybridized carbons (Fsp3) is 0.357. The van der Waals surface area contributed by atoms with Crippen LogP contribution < -0.4 is 10.1 Å². The number of aromatic nitrogens is 3. The second-order valence-corrected chi connectivity index (χ2v) is 10.1. The molecule has 6 nitrogen and oxygen atoms in total. The minimum absolute atomic E-state index is 0.00523. The first-order valence-corrected chi connectivity index (χ1v) is 12.3. The predicted molar refractivity (Wildman–Crippen MR) is 138 cm³/mol. The van der Waals surface area contributed by atoms with E-state index < -0.39 is 11.7 Å². The summed E-state index contributed by atoms with van der Waals surface area (Å²) in [6.07, 6.45) is -0.358. The number of ether oxygens (including phenoxy) is 1. The van der Waals surface area contributed by atoms with Crippen LogP contribution in [0.3, 0.4) is 0 Å². The molecular weight excluding hydrogens is 479 g/mol. The fourth-order valence-corrected chi connectivity index (χ4v) is 4.97. The molecule has 1 fully saturated rings. The summed E-state index contributed by atoms with van der Waals surface area (Å²) in [5.41, 5.74) is 1.24. The lowest BCUT2D eigenvalue weighted by atomic mass is 9.87. The van der Waals surface area contributed by atoms with Crippen LogP contribution in [0.4, 0.5) is 19.1 Å². The Morgan fingerprint density at radius 3 is 2.68 bits per heavy atom. The molecule has 9 heteroatoms. The van der Waals surface area contributed by atoms with E-state index in [0.717, 1.165) is 32.1 Å². The van der Waals surface area contributed by atoms with Gasteiger partial charge in [0.15, 0.2) is 0 Å². The Morgan fingerprint density at radius 1 is 1.16 bits per heavy atom. The number of nitrogens with zero attached hydrogens (tertiary/aromatic N) is 3. The molecule has 0 aliphatic carbocycles. The van der Waals surface area contributed by atoms with Crippen LogP contribution in [0, 0.1) is 0 Å². The molecule has 0 spiro atoms. The third-order valence-electron chi connectivity index (χ3n) is 7.19. The highest BCUT2D eigenvalue weighted by Crippen LogP contribution is 2.39. The lowest BCUT2D eigenvalue weighted by Gasteiger charge is -2.45. The van der Waals surface area contributed by atoms with E-state index in [9.17, 15) is 13.2 Å². The molecule has 5 rings (SSSR count). The molecule has 2 aromatic heterocycles. The number of hydrogen-bond acceptors (Lipinski definition) is 5. The summed E-state index contributed by atoms with van der Waals surface area (Å²) >= 11 is 0. The largest absolute Gasteiger partial charge is 0.497 e. The molecule has 0 saturated carbocycles. The molecule has 3 heterocycles. The molecule has 0 unspecified atom stereocenters. The quantitative estimate of drug-likeness (QED) is 0.310. The number of H-pyrrole nitrogens is 1. The molecule has 2 N–H and O–H groups in total. The molecule has 1 aliphatic heterocycles. The van der Waals surface area contributed by atoms with Crippen molar-refractivity contribution in [3.8, 4) is 17.0 Å². The Kier molecular flexibility index (Phi) is 6.58. The second-order valence-electron chi connectivity index (χ2n) is 10.1. The number of piperidine rings is 1. The van der Waals surface area contributed by atoms with Crippen LogP contribution in [0.1, 0.15) is 37.8 Å². The van der Waals surface area contributed by atoms with Gasteiger partial charge in [0, 0.05) is 59.6 Å². The average Bonchev–Trinajstić information content (AvgIpc) is 3.29. The smallest absolute Gasteiger partial charge is 0.419 e. The van der Waals surface area contributed by atoms with Crippen molar-refractivity contribution in [1.82, 2.24) is 19.9 Å². The van der Waals surface area contributed by atoms with Gasteiger partial charge in [0.1, 0.15) is 11.3 Å². The van der Waals surface area contributed by atoms with E-state index in [-0.39, 0.29) is 23.2 Å². The zero-order chi connectivity index (χ0) is 26.2. The van der Waals surface area contributed by atoms with E-state index >= 15 is 0 Å². The van der Waals surface area contributed by atoms with E-state index in [4.69, 9.17) is 4.74 Å². The Balaban J connectivity index is 1.44. The van der Waals surface area contributed by atoms with Crippen molar-refractivity contribution in [1.29, 1.82) is 0 Å². The molecule has 1 saturated heterocycles. The molecule has 0 bridgehead atoms. The maximum absolute atomic E-state index is 14.0. The summed E-state index contributed by atoms with van der Waals surface area (Å²) in [6, 6.07) is 15.5. The molecule has 0 amide bonds. The number of halogens is 3. The van der Waals surface area contributed by atoms with E-state index in [0.29, 0.717) is 22.2 Å². The monoisotopic (exact) mass is 509 g/mol. The Labute approximate surface area is 213 Å². The molecule has 2 aromatic carbocycles. The average molecular weight is 510 g/mol. The minimum Gasteiger partial charge on any atom is -0.497 e. The van der Waals surface area contributed by atoms with Crippen LogP contribution in [0.2, 0.25) is 0 Å². The van der Waals surface area contributed by atoms with Gasteiger partial charge in [0.2, 0.25) is 5.95 Å². The molecule has 1 atom stereocenters. The topological polar surface area (TPSA) is 66.1 Å². The van der Waals surface area contributed by atoms with Crippen molar-refractivity contribution >= 4 is 16.9 Å². The van der Waals surface area contributed by atoms with Crippen molar-refractivity contribution in [3.05, 3.63) is 72.1 Å². The molecule has 1 aliphatic rings. The molecular formula is C28H30F3N5O. The lowest BCUT2D eigenvalue weighted by molar-refractivity contribution is -0.137. The third kappa shape index (κ3) is 5.27. The zero-order valence-electron chi connectivity index (χ0n) is 21.1. The normalized spacial score (nSPS) is 18.2. The highest BCUT2D eigenvalue weighted by atomic mass is 19.4. The highest BCUT2D eigenvalue weighted by molar-refractivity contribution is 5.96. The van der Waals surface area contributed by atoms with E-state index in [1.54, 1.807) is 31.5 Å². The second kappa shape index (κ2) is 9.70. The first kappa shape index (κ1) is 25.1. The summed E-state index contributed by atoms with van der Waals surface area (Å²) in [5.74, 6) is 0.803. The van der Waals surface area contributed by atoms with Crippen LogP contribution in [0.5, 0.6) is 5.75 Å². The van der Waals surface area contributed by atoms with Crippen LogP contribution in [0.15, 0.2) is 60.9 Å². The summed E-state index contributed by atoms with van der Waals surface area (Å²) in [6.45, 7) is 5.98. The number of likely N-dealkylation sites (tertiary alicyclic amines) is 1. The highest BCUT2D eigenvalue weighted by Gasteiger charge is 2.37. The number of benzene rings is 2. The van der Waals surface area contributed by atoms with Crippen LogP contribution in [-0.4, -0.2) is 45.1 Å². The molecule has 194 valence electrons. The number of nitrogens with one attached hydrogen (secondary N) is 2. The first-order chi connectivity index (χ1) is 17.6. The van der Waals surface area contributed by atoms with Crippen LogP contribution in [0.25, 0.3) is 22.2 Å². The van der Waals surface area contributed by atoms with E-state index in [1.807, 2.05) is 18.2 Å². The van der Waals surface area contributed by atoms with Gasteiger partial charge in [-0.05, 0) is 44.4 Å². The van der Waals surface area contributed by atoms with Gasteiger partial charge in [0.05, 0.1) is 12.8 Å². The number of aromatic amines is 1. The molecule has 0 radical (unpaired) electrons. The maximum atomic E-state index is 14.0. The number of rotatable bonds is 6. The Hall–Kier alpha value is -3.59. The van der Waals surface area contributed by atoms with Crippen molar-refractivity contribution in [2.75, 3.05) is 19.0 Å². The standard InChI is InChI=1S/C28H30F3N5O/c1-27(2)12-11-19(17-36(27)16-18-7-5-4-6-8-18)34-26-33-15-23(28(29,30)31)25(35-26)22-14-32-24-13-20(37-3)9-10-21(22)24/h4-10,13-15,19,32H,11-12,16-17H2,1-3H3,(H,33,34,35)/t19-/m0/s1. The van der Waals surface area contributed by atoms with Gasteiger partial charge in [-0.1, -0.05) is 30.3 Å². The Bertz CT molecular complexity index is 1380. The number of anilines is 1. The van der Waals surface area contributed by atoms with Crippen molar-refractivity contribution in [3.63, 3.8) is 0 Å². The van der Waals surface area contributed by atoms with Crippen molar-refractivity contribution in [2.24, 2.45) is 0 Å². The van der Waals surface area contributed by atoms with Crippen molar-refractivity contribution in [2.45, 2.75) is 51.0 Å². The lowest BCUT2D eigenvalue weighted by Crippen LogP contribution is -2.53. The summed E-state index contributed by atoms with van der Waals surface area (Å²) in [5, 5.41) is 3.95.